The van der Waals surface area contributed by atoms with Gasteiger partial charge in [0.25, 0.3) is 0 Å². The number of aromatic nitrogens is 1. The van der Waals surface area contributed by atoms with Crippen LogP contribution >= 0.6 is 11.3 Å². The van der Waals surface area contributed by atoms with E-state index >= 15 is 0 Å². The lowest BCUT2D eigenvalue weighted by atomic mass is 9.90. The molecule has 0 bridgehead atoms. The van der Waals surface area contributed by atoms with Gasteiger partial charge in [0.15, 0.2) is 5.13 Å². The zero-order chi connectivity index (χ0) is 14.9. The van der Waals surface area contributed by atoms with Crippen LogP contribution in [-0.4, -0.2) is 30.6 Å². The standard InChI is InChI=1S/C15H24N2O2S/c1-6-19-13(18)15(3,4)12-9-20-14(16-12)17(5)10(2)11-7-8-11/h9-11H,6-8H2,1-5H3. The minimum absolute atomic E-state index is 0.213. The zero-order valence-electron chi connectivity index (χ0n) is 13.0. The molecule has 0 aromatic carbocycles. The number of hydrogen-bond donors (Lipinski definition) is 0. The number of nitrogens with zero attached hydrogens (tertiary/aromatic N) is 2. The van der Waals surface area contributed by atoms with Crippen LogP contribution in [0.1, 0.15) is 46.2 Å². The molecular weight excluding hydrogens is 272 g/mol. The van der Waals surface area contributed by atoms with Crippen LogP contribution in [0.2, 0.25) is 0 Å². The maximum Gasteiger partial charge on any atom is 0.317 e. The smallest absolute Gasteiger partial charge is 0.317 e. The van der Waals surface area contributed by atoms with Gasteiger partial charge >= 0.3 is 5.97 Å². The van der Waals surface area contributed by atoms with Crippen molar-refractivity contribution >= 4 is 22.4 Å². The van der Waals surface area contributed by atoms with Crippen LogP contribution in [0.3, 0.4) is 0 Å². The molecule has 5 heteroatoms. The fourth-order valence-corrected chi connectivity index (χ4v) is 3.25. The van der Waals surface area contributed by atoms with Gasteiger partial charge in [0.2, 0.25) is 0 Å². The van der Waals surface area contributed by atoms with Crippen molar-refractivity contribution in [1.82, 2.24) is 4.98 Å². The first-order chi connectivity index (χ1) is 9.37. The van der Waals surface area contributed by atoms with E-state index in [4.69, 9.17) is 4.74 Å². The highest BCUT2D eigenvalue weighted by Gasteiger charge is 2.35. The summed E-state index contributed by atoms with van der Waals surface area (Å²) < 4.78 is 5.14. The van der Waals surface area contributed by atoms with Gasteiger partial charge in [-0.2, -0.15) is 0 Å². The second kappa shape index (κ2) is 5.72. The van der Waals surface area contributed by atoms with Gasteiger partial charge < -0.3 is 9.64 Å². The second-order valence-electron chi connectivity index (χ2n) is 6.05. The number of esters is 1. The Labute approximate surface area is 125 Å². The van der Waals surface area contributed by atoms with Crippen molar-refractivity contribution in [3.63, 3.8) is 0 Å². The van der Waals surface area contributed by atoms with Gasteiger partial charge in [0.05, 0.1) is 12.3 Å². The molecule has 0 amide bonds. The van der Waals surface area contributed by atoms with Crippen LogP contribution in [0, 0.1) is 5.92 Å². The normalized spacial score (nSPS) is 16.9. The summed E-state index contributed by atoms with van der Waals surface area (Å²) in [5, 5.41) is 2.96. The van der Waals surface area contributed by atoms with Gasteiger partial charge in [-0.05, 0) is 46.5 Å². The van der Waals surface area contributed by atoms with E-state index in [1.807, 2.05) is 26.2 Å². The molecule has 1 aliphatic rings. The minimum atomic E-state index is -0.686. The molecule has 1 aliphatic carbocycles. The topological polar surface area (TPSA) is 42.4 Å². The first kappa shape index (κ1) is 15.3. The molecule has 1 fully saturated rings. The van der Waals surface area contributed by atoms with Gasteiger partial charge in [0, 0.05) is 18.5 Å². The summed E-state index contributed by atoms with van der Waals surface area (Å²) in [6.45, 7) is 8.21. The summed E-state index contributed by atoms with van der Waals surface area (Å²) in [6.07, 6.45) is 2.64. The molecular formula is C15H24N2O2S. The average molecular weight is 296 g/mol. The maximum atomic E-state index is 12.0. The predicted octanol–water partition coefficient (Wildman–Crippen LogP) is 3.22. The molecule has 1 atom stereocenters. The quantitative estimate of drug-likeness (QED) is 0.756. The molecule has 1 aromatic rings. The van der Waals surface area contributed by atoms with E-state index in [2.05, 4.69) is 23.9 Å². The van der Waals surface area contributed by atoms with Crippen molar-refractivity contribution in [2.24, 2.45) is 5.92 Å². The molecule has 0 aliphatic heterocycles. The van der Waals surface area contributed by atoms with Crippen LogP contribution in [-0.2, 0) is 14.9 Å². The summed E-state index contributed by atoms with van der Waals surface area (Å²) in [4.78, 5) is 18.9. The van der Waals surface area contributed by atoms with Gasteiger partial charge in [-0.1, -0.05) is 0 Å². The van der Waals surface area contributed by atoms with Crippen molar-refractivity contribution in [2.45, 2.75) is 52.0 Å². The molecule has 0 radical (unpaired) electrons. The first-order valence-corrected chi connectivity index (χ1v) is 8.12. The fraction of sp³-hybridized carbons (Fsp3) is 0.733. The third-order valence-corrected chi connectivity index (χ3v) is 5.07. The van der Waals surface area contributed by atoms with Crippen LogP contribution in [0.5, 0.6) is 0 Å². The molecule has 20 heavy (non-hydrogen) atoms. The van der Waals surface area contributed by atoms with Gasteiger partial charge in [-0.25, -0.2) is 4.98 Å². The fourth-order valence-electron chi connectivity index (χ4n) is 2.20. The van der Waals surface area contributed by atoms with Crippen molar-refractivity contribution in [2.75, 3.05) is 18.6 Å². The van der Waals surface area contributed by atoms with Crippen molar-refractivity contribution in [1.29, 1.82) is 0 Å². The number of thiazole rings is 1. The Morgan fingerprint density at radius 1 is 1.60 bits per heavy atom. The molecule has 2 rings (SSSR count). The van der Waals surface area contributed by atoms with Gasteiger partial charge in [0.1, 0.15) is 5.41 Å². The lowest BCUT2D eigenvalue weighted by Crippen LogP contribution is -2.33. The first-order valence-electron chi connectivity index (χ1n) is 7.24. The SMILES string of the molecule is CCOC(=O)C(C)(C)c1csc(N(C)C(C)C2CC2)n1. The Balaban J connectivity index is 2.13. The molecule has 1 saturated carbocycles. The summed E-state index contributed by atoms with van der Waals surface area (Å²) in [5.74, 6) is 0.583. The Morgan fingerprint density at radius 3 is 2.80 bits per heavy atom. The van der Waals surface area contributed by atoms with Crippen LogP contribution < -0.4 is 4.90 Å². The van der Waals surface area contributed by atoms with E-state index in [-0.39, 0.29) is 5.97 Å². The Morgan fingerprint density at radius 2 is 2.25 bits per heavy atom. The van der Waals surface area contributed by atoms with Gasteiger partial charge in [-0.15, -0.1) is 11.3 Å². The monoisotopic (exact) mass is 296 g/mol. The number of carbonyl (C=O) groups is 1. The summed E-state index contributed by atoms with van der Waals surface area (Å²) in [7, 11) is 2.09. The lowest BCUT2D eigenvalue weighted by molar-refractivity contribution is -0.148. The van der Waals surface area contributed by atoms with Crippen LogP contribution in [0.25, 0.3) is 0 Å². The van der Waals surface area contributed by atoms with E-state index < -0.39 is 5.41 Å². The Kier molecular flexibility index (Phi) is 4.37. The molecule has 4 nitrogen and oxygen atoms in total. The largest absolute Gasteiger partial charge is 0.465 e. The third-order valence-electron chi connectivity index (χ3n) is 4.14. The van der Waals surface area contributed by atoms with E-state index in [0.717, 1.165) is 16.7 Å². The molecule has 0 N–H and O–H groups in total. The summed E-state index contributed by atoms with van der Waals surface area (Å²) >= 11 is 1.60. The Bertz CT molecular complexity index is 480. The summed E-state index contributed by atoms with van der Waals surface area (Å²) in [5.41, 5.74) is 0.111. The second-order valence-corrected chi connectivity index (χ2v) is 6.89. The highest BCUT2D eigenvalue weighted by atomic mass is 32.1. The molecule has 1 unspecified atom stereocenters. The third kappa shape index (κ3) is 2.97. The van der Waals surface area contributed by atoms with Crippen LogP contribution in [0.4, 0.5) is 5.13 Å². The molecule has 0 spiro atoms. The number of carbonyl (C=O) groups excluding carboxylic acids is 1. The van der Waals surface area contributed by atoms with Crippen molar-refractivity contribution < 1.29 is 9.53 Å². The van der Waals surface area contributed by atoms with Crippen molar-refractivity contribution in [3.05, 3.63) is 11.1 Å². The zero-order valence-corrected chi connectivity index (χ0v) is 13.8. The molecule has 112 valence electrons. The highest BCUT2D eigenvalue weighted by molar-refractivity contribution is 7.13. The van der Waals surface area contributed by atoms with Crippen LogP contribution in [0.15, 0.2) is 5.38 Å². The number of anilines is 1. The molecule has 1 heterocycles. The van der Waals surface area contributed by atoms with Crippen molar-refractivity contribution in [3.8, 4) is 0 Å². The van der Waals surface area contributed by atoms with E-state index in [1.165, 1.54) is 12.8 Å². The highest BCUT2D eigenvalue weighted by Crippen LogP contribution is 2.38. The van der Waals surface area contributed by atoms with E-state index in [0.29, 0.717) is 12.6 Å². The molecule has 0 saturated heterocycles. The average Bonchev–Trinajstić information content (AvgIpc) is 3.13. The maximum absolute atomic E-state index is 12.0. The number of rotatable bonds is 6. The predicted molar refractivity (Wildman–Crippen MR) is 82.4 cm³/mol. The van der Waals surface area contributed by atoms with Gasteiger partial charge in [-0.3, -0.25) is 4.79 Å². The van der Waals surface area contributed by atoms with E-state index in [1.54, 1.807) is 11.3 Å². The Hall–Kier alpha value is -1.10. The lowest BCUT2D eigenvalue weighted by Gasteiger charge is -2.24. The number of hydrogen-bond acceptors (Lipinski definition) is 5. The molecule has 1 aromatic heterocycles. The minimum Gasteiger partial charge on any atom is -0.465 e. The summed E-state index contributed by atoms with van der Waals surface area (Å²) in [6, 6.07) is 0.514. The number of ether oxygens (including phenoxy) is 1. The van der Waals surface area contributed by atoms with E-state index in [9.17, 15) is 4.79 Å².